The Balaban J connectivity index is 1.52. The van der Waals surface area contributed by atoms with Gasteiger partial charge in [0, 0.05) is 31.9 Å². The van der Waals surface area contributed by atoms with Crippen LogP contribution in [0.5, 0.6) is 0 Å². The molecule has 0 bridgehead atoms. The number of rotatable bonds is 6. The first kappa shape index (κ1) is 23.0. The summed E-state index contributed by atoms with van der Waals surface area (Å²) in [5.41, 5.74) is 2.04. The molecule has 4 rings (SSSR count). The Morgan fingerprint density at radius 2 is 1.70 bits per heavy atom. The standard InChI is InChI=1S/C24H25FN4O3S/c1-32-23(31)21(17-8-10-18(25)11-9-17)27-12-14-28(15-13-27)22(30)20-16-26-24(33-2)29(20)19-6-4-3-5-7-19/h3-11,16,21H,12-15H2,1-2H3. The van der Waals surface area contributed by atoms with Crippen LogP contribution in [0.2, 0.25) is 0 Å². The van der Waals surface area contributed by atoms with Gasteiger partial charge in [-0.3, -0.25) is 14.3 Å². The van der Waals surface area contributed by atoms with E-state index in [-0.39, 0.29) is 11.7 Å². The van der Waals surface area contributed by atoms with Crippen LogP contribution in [0.1, 0.15) is 22.1 Å². The summed E-state index contributed by atoms with van der Waals surface area (Å²) in [5.74, 6) is -0.881. The molecule has 9 heteroatoms. The first-order valence-electron chi connectivity index (χ1n) is 10.6. The molecule has 1 aliphatic rings. The number of carbonyl (C=O) groups is 2. The second-order valence-corrected chi connectivity index (χ2v) is 8.38. The lowest BCUT2D eigenvalue weighted by molar-refractivity contribution is -0.148. The van der Waals surface area contributed by atoms with Gasteiger partial charge in [0.25, 0.3) is 5.91 Å². The summed E-state index contributed by atoms with van der Waals surface area (Å²) >= 11 is 1.48. The highest BCUT2D eigenvalue weighted by Gasteiger charge is 2.33. The largest absolute Gasteiger partial charge is 0.468 e. The summed E-state index contributed by atoms with van der Waals surface area (Å²) in [6.45, 7) is 1.86. The number of aromatic nitrogens is 2. The summed E-state index contributed by atoms with van der Waals surface area (Å²) in [7, 11) is 1.34. The van der Waals surface area contributed by atoms with Crippen molar-refractivity contribution in [1.29, 1.82) is 0 Å². The molecule has 3 aromatic rings. The van der Waals surface area contributed by atoms with Crippen molar-refractivity contribution in [2.24, 2.45) is 0 Å². The lowest BCUT2D eigenvalue weighted by Gasteiger charge is -2.38. The van der Waals surface area contributed by atoms with E-state index in [2.05, 4.69) is 4.98 Å². The Kier molecular flexibility index (Phi) is 7.10. The zero-order valence-electron chi connectivity index (χ0n) is 18.5. The van der Waals surface area contributed by atoms with Crippen LogP contribution in [-0.2, 0) is 9.53 Å². The maximum Gasteiger partial charge on any atom is 0.327 e. The van der Waals surface area contributed by atoms with E-state index in [0.29, 0.717) is 37.4 Å². The van der Waals surface area contributed by atoms with Gasteiger partial charge in [-0.05, 0) is 36.1 Å². The maximum atomic E-state index is 13.4. The summed E-state index contributed by atoms with van der Waals surface area (Å²) in [6, 6.07) is 14.9. The van der Waals surface area contributed by atoms with Crippen LogP contribution in [0.25, 0.3) is 5.69 Å². The lowest BCUT2D eigenvalue weighted by atomic mass is 10.0. The van der Waals surface area contributed by atoms with Crippen LogP contribution < -0.4 is 0 Å². The summed E-state index contributed by atoms with van der Waals surface area (Å²) in [4.78, 5) is 34.1. The van der Waals surface area contributed by atoms with E-state index in [1.165, 1.54) is 31.0 Å². The molecular weight excluding hydrogens is 443 g/mol. The van der Waals surface area contributed by atoms with Crippen molar-refractivity contribution in [3.8, 4) is 5.69 Å². The maximum absolute atomic E-state index is 13.4. The number of thioether (sulfide) groups is 1. The SMILES string of the molecule is COC(=O)C(c1ccc(F)cc1)N1CCN(C(=O)c2cnc(SC)n2-c2ccccc2)CC1. The third-order valence-corrected chi connectivity index (χ3v) is 6.38. The average molecular weight is 469 g/mol. The average Bonchev–Trinajstić information content (AvgIpc) is 3.30. The minimum atomic E-state index is -0.647. The Morgan fingerprint density at radius 3 is 2.30 bits per heavy atom. The van der Waals surface area contributed by atoms with Crippen LogP contribution in [0.4, 0.5) is 4.39 Å². The molecular formula is C24H25FN4O3S. The van der Waals surface area contributed by atoms with Gasteiger partial charge in [-0.15, -0.1) is 0 Å². The van der Waals surface area contributed by atoms with E-state index in [1.54, 1.807) is 23.2 Å². The Labute approximate surface area is 196 Å². The molecule has 0 N–H and O–H groups in total. The molecule has 1 aliphatic heterocycles. The van der Waals surface area contributed by atoms with E-state index in [4.69, 9.17) is 4.74 Å². The third-order valence-electron chi connectivity index (χ3n) is 5.72. The van der Waals surface area contributed by atoms with E-state index in [0.717, 1.165) is 10.8 Å². The highest BCUT2D eigenvalue weighted by Crippen LogP contribution is 2.26. The van der Waals surface area contributed by atoms with Gasteiger partial charge in [0.05, 0.1) is 13.3 Å². The molecule has 1 unspecified atom stereocenters. The molecule has 2 heterocycles. The smallest absolute Gasteiger partial charge is 0.327 e. The monoisotopic (exact) mass is 468 g/mol. The zero-order valence-corrected chi connectivity index (χ0v) is 19.3. The molecule has 7 nitrogen and oxygen atoms in total. The molecule has 0 saturated carbocycles. The molecule has 1 saturated heterocycles. The van der Waals surface area contributed by atoms with Gasteiger partial charge in [0.1, 0.15) is 17.6 Å². The molecule has 33 heavy (non-hydrogen) atoms. The normalized spacial score (nSPS) is 15.3. The summed E-state index contributed by atoms with van der Waals surface area (Å²) < 4.78 is 20.3. The van der Waals surface area contributed by atoms with E-state index < -0.39 is 12.0 Å². The number of amides is 1. The predicted molar refractivity (Wildman–Crippen MR) is 124 cm³/mol. The van der Waals surface area contributed by atoms with E-state index >= 15 is 0 Å². The fraction of sp³-hybridized carbons (Fsp3) is 0.292. The molecule has 2 aromatic carbocycles. The number of nitrogens with zero attached hydrogens (tertiary/aromatic N) is 4. The molecule has 0 spiro atoms. The number of carbonyl (C=O) groups excluding carboxylic acids is 2. The van der Waals surface area contributed by atoms with Crippen molar-refractivity contribution in [3.05, 3.63) is 77.9 Å². The number of hydrogen-bond acceptors (Lipinski definition) is 6. The number of imidazole rings is 1. The second-order valence-electron chi connectivity index (χ2n) is 7.61. The fourth-order valence-electron chi connectivity index (χ4n) is 4.05. The molecule has 1 aromatic heterocycles. The number of ether oxygens (including phenoxy) is 1. The molecule has 1 fully saturated rings. The third kappa shape index (κ3) is 4.79. The molecule has 1 amide bonds. The number of benzene rings is 2. The van der Waals surface area contributed by atoms with Crippen LogP contribution in [0.15, 0.2) is 66.0 Å². The van der Waals surface area contributed by atoms with Crippen molar-refractivity contribution >= 4 is 23.6 Å². The van der Waals surface area contributed by atoms with Crippen LogP contribution >= 0.6 is 11.8 Å². The Hall–Kier alpha value is -3.17. The van der Waals surface area contributed by atoms with E-state index in [1.807, 2.05) is 46.1 Å². The number of methoxy groups -OCH3 is 1. The lowest BCUT2D eigenvalue weighted by Crippen LogP contribution is -2.51. The van der Waals surface area contributed by atoms with Crippen molar-refractivity contribution in [2.45, 2.75) is 11.2 Å². The first-order valence-corrected chi connectivity index (χ1v) is 11.8. The van der Waals surface area contributed by atoms with Gasteiger partial charge >= 0.3 is 5.97 Å². The molecule has 172 valence electrons. The minimum absolute atomic E-state index is 0.109. The van der Waals surface area contributed by atoms with Crippen molar-refractivity contribution < 1.29 is 18.7 Å². The van der Waals surface area contributed by atoms with Crippen LogP contribution in [0, 0.1) is 5.82 Å². The van der Waals surface area contributed by atoms with E-state index in [9.17, 15) is 14.0 Å². The van der Waals surface area contributed by atoms with Crippen LogP contribution in [-0.4, -0.2) is 70.8 Å². The number of halogens is 1. The quantitative estimate of drug-likeness (QED) is 0.408. The van der Waals surface area contributed by atoms with Crippen LogP contribution in [0.3, 0.4) is 0 Å². The number of para-hydroxylation sites is 1. The Morgan fingerprint density at radius 1 is 1.03 bits per heavy atom. The van der Waals surface area contributed by atoms with Gasteiger partial charge in [0.2, 0.25) is 0 Å². The van der Waals surface area contributed by atoms with Crippen molar-refractivity contribution in [3.63, 3.8) is 0 Å². The van der Waals surface area contributed by atoms with Gasteiger partial charge in [-0.25, -0.2) is 14.2 Å². The highest BCUT2D eigenvalue weighted by molar-refractivity contribution is 7.98. The predicted octanol–water partition coefficient (Wildman–Crippen LogP) is 3.41. The minimum Gasteiger partial charge on any atom is -0.468 e. The molecule has 0 radical (unpaired) electrons. The number of piperazine rings is 1. The highest BCUT2D eigenvalue weighted by atomic mass is 32.2. The summed E-state index contributed by atoms with van der Waals surface area (Å²) in [6.07, 6.45) is 3.54. The van der Waals surface area contributed by atoms with Gasteiger partial charge in [-0.1, -0.05) is 42.1 Å². The van der Waals surface area contributed by atoms with Crippen molar-refractivity contribution in [2.75, 3.05) is 39.5 Å². The van der Waals surface area contributed by atoms with Gasteiger partial charge in [0.15, 0.2) is 5.16 Å². The van der Waals surface area contributed by atoms with Crippen molar-refractivity contribution in [1.82, 2.24) is 19.4 Å². The van der Waals surface area contributed by atoms with Gasteiger partial charge < -0.3 is 9.64 Å². The first-order chi connectivity index (χ1) is 16.0. The topological polar surface area (TPSA) is 67.7 Å². The number of hydrogen-bond donors (Lipinski definition) is 0. The molecule has 1 atom stereocenters. The number of esters is 1. The summed E-state index contributed by atoms with van der Waals surface area (Å²) in [5, 5.41) is 0.741. The van der Waals surface area contributed by atoms with Gasteiger partial charge in [-0.2, -0.15) is 0 Å². The zero-order chi connectivity index (χ0) is 23.4. The Bertz CT molecular complexity index is 1110. The fourth-order valence-corrected chi connectivity index (χ4v) is 4.60. The molecule has 0 aliphatic carbocycles. The second kappa shape index (κ2) is 10.2.